The van der Waals surface area contributed by atoms with E-state index in [1.54, 1.807) is 6.11 Å². The quantitative estimate of drug-likeness (QED) is 0.365. The molecule has 3 nitrogen and oxygen atoms in total. The predicted molar refractivity (Wildman–Crippen MR) is 42.5 cm³/mol. The zero-order chi connectivity index (χ0) is 8.74. The van der Waals surface area contributed by atoms with Crippen LogP contribution in [0.3, 0.4) is 0 Å². The lowest BCUT2D eigenvalue weighted by Gasteiger charge is -2.05. The maximum Gasteiger partial charge on any atom is 0.465 e. The summed E-state index contributed by atoms with van der Waals surface area (Å²) in [5.74, 6) is 0. The summed E-state index contributed by atoms with van der Waals surface area (Å²) < 4.78 is 19.9. The van der Waals surface area contributed by atoms with Gasteiger partial charge in [-0.05, 0) is 0 Å². The summed E-state index contributed by atoms with van der Waals surface area (Å²) in [6, 6.07) is 0. The Morgan fingerprint density at radius 2 is 2.27 bits per heavy atom. The summed E-state index contributed by atoms with van der Waals surface area (Å²) in [5.41, 5.74) is 1.84. The van der Waals surface area contributed by atoms with Gasteiger partial charge in [-0.15, -0.1) is 13.0 Å². The SMILES string of the molecule is C#COP(=O)(C#C)OCC=C. The van der Waals surface area contributed by atoms with Gasteiger partial charge in [-0.1, -0.05) is 12.5 Å². The Morgan fingerprint density at radius 1 is 1.64 bits per heavy atom. The Kier molecular flexibility index (Phi) is 4.15. The molecule has 0 aromatic heterocycles. The van der Waals surface area contributed by atoms with Crippen molar-refractivity contribution in [1.29, 1.82) is 0 Å². The van der Waals surface area contributed by atoms with Crippen LogP contribution in [-0.2, 0) is 13.6 Å². The van der Waals surface area contributed by atoms with E-state index in [0.717, 1.165) is 0 Å². The van der Waals surface area contributed by atoms with Crippen molar-refractivity contribution in [3.63, 3.8) is 0 Å². The molecule has 0 radical (unpaired) electrons. The molecule has 1 atom stereocenters. The van der Waals surface area contributed by atoms with Crippen LogP contribution < -0.4 is 0 Å². The van der Waals surface area contributed by atoms with Crippen LogP contribution in [-0.4, -0.2) is 6.61 Å². The fraction of sp³-hybridized carbons (Fsp3) is 0.143. The molecule has 0 heterocycles. The van der Waals surface area contributed by atoms with Crippen LogP contribution >= 0.6 is 7.60 Å². The van der Waals surface area contributed by atoms with Crippen molar-refractivity contribution in [3.8, 4) is 24.6 Å². The second kappa shape index (κ2) is 4.63. The molecule has 4 heteroatoms. The highest BCUT2D eigenvalue weighted by molar-refractivity contribution is 7.59. The van der Waals surface area contributed by atoms with Crippen molar-refractivity contribution < 1.29 is 13.6 Å². The van der Waals surface area contributed by atoms with Crippen LogP contribution in [0.4, 0.5) is 0 Å². The zero-order valence-corrected chi connectivity index (χ0v) is 6.71. The molecule has 0 spiro atoms. The van der Waals surface area contributed by atoms with Gasteiger partial charge in [0, 0.05) is 5.66 Å². The standard InChI is InChI=1S/C7H7O3P/c1-4-7-10-11(8,6-3)9-5-2/h2-4H,1,7H2. The highest BCUT2D eigenvalue weighted by Crippen LogP contribution is 2.46. The van der Waals surface area contributed by atoms with Crippen molar-refractivity contribution >= 4 is 7.60 Å². The smallest absolute Gasteiger partial charge is 0.362 e. The maximum absolute atomic E-state index is 11.1. The minimum atomic E-state index is -3.50. The van der Waals surface area contributed by atoms with Gasteiger partial charge < -0.3 is 4.52 Å². The first-order valence-corrected chi connectivity index (χ1v) is 4.20. The Morgan fingerprint density at radius 3 is 2.64 bits per heavy atom. The third-order valence-electron chi connectivity index (χ3n) is 0.693. The average Bonchev–Trinajstić information content (AvgIpc) is 2.02. The van der Waals surface area contributed by atoms with E-state index in [9.17, 15) is 4.57 Å². The van der Waals surface area contributed by atoms with Crippen molar-refractivity contribution in [2.75, 3.05) is 6.61 Å². The van der Waals surface area contributed by atoms with Gasteiger partial charge in [-0.2, -0.15) is 0 Å². The van der Waals surface area contributed by atoms with Crippen LogP contribution in [0.25, 0.3) is 0 Å². The molecule has 1 unspecified atom stereocenters. The fourth-order valence-electron chi connectivity index (χ4n) is 0.310. The number of hydrogen-bond donors (Lipinski definition) is 0. The molecule has 0 rings (SSSR count). The Bertz CT molecular complexity index is 256. The molecule has 0 bridgehead atoms. The molecule has 0 amide bonds. The summed E-state index contributed by atoms with van der Waals surface area (Å²) in [6.07, 6.45) is 12.7. The second-order valence-electron chi connectivity index (χ2n) is 1.42. The first-order chi connectivity index (χ1) is 5.18. The molecule has 0 fully saturated rings. The molecule has 58 valence electrons. The predicted octanol–water partition coefficient (Wildman–Crippen LogP) is 1.58. The highest BCUT2D eigenvalue weighted by Gasteiger charge is 2.20. The van der Waals surface area contributed by atoms with E-state index in [4.69, 9.17) is 12.8 Å². The lowest BCUT2D eigenvalue weighted by atomic mass is 10.7. The first-order valence-electron chi connectivity index (χ1n) is 2.66. The van der Waals surface area contributed by atoms with E-state index in [1.165, 1.54) is 6.08 Å². The van der Waals surface area contributed by atoms with Gasteiger partial charge in [-0.3, -0.25) is 4.52 Å². The molecular weight excluding hydrogens is 163 g/mol. The van der Waals surface area contributed by atoms with E-state index in [0.29, 0.717) is 0 Å². The molecule has 0 N–H and O–H groups in total. The molecule has 0 aliphatic rings. The zero-order valence-electron chi connectivity index (χ0n) is 5.82. The van der Waals surface area contributed by atoms with Gasteiger partial charge >= 0.3 is 7.60 Å². The van der Waals surface area contributed by atoms with Gasteiger partial charge in [0.1, 0.15) is 6.11 Å². The fourth-order valence-corrected chi connectivity index (χ4v) is 0.931. The van der Waals surface area contributed by atoms with Crippen LogP contribution in [0, 0.1) is 24.6 Å². The molecule has 0 saturated carbocycles. The van der Waals surface area contributed by atoms with E-state index < -0.39 is 7.60 Å². The van der Waals surface area contributed by atoms with Crippen molar-refractivity contribution in [3.05, 3.63) is 12.7 Å². The molecule has 11 heavy (non-hydrogen) atoms. The third-order valence-corrected chi connectivity index (χ3v) is 1.84. The number of terminal acetylenes is 2. The summed E-state index contributed by atoms with van der Waals surface area (Å²) >= 11 is 0. The molecule has 0 aliphatic heterocycles. The largest absolute Gasteiger partial charge is 0.465 e. The van der Waals surface area contributed by atoms with Crippen LogP contribution in [0.1, 0.15) is 0 Å². The first kappa shape index (κ1) is 9.85. The van der Waals surface area contributed by atoms with E-state index in [-0.39, 0.29) is 6.61 Å². The highest BCUT2D eigenvalue weighted by atomic mass is 31.2. The Labute approximate surface area is 65.9 Å². The van der Waals surface area contributed by atoms with Gasteiger partial charge in [0.2, 0.25) is 0 Å². The monoisotopic (exact) mass is 170 g/mol. The summed E-state index contributed by atoms with van der Waals surface area (Å²) in [7, 11) is -3.50. The minimum Gasteiger partial charge on any atom is -0.362 e. The van der Waals surface area contributed by atoms with Crippen molar-refractivity contribution in [2.24, 2.45) is 0 Å². The summed E-state index contributed by atoms with van der Waals surface area (Å²) in [4.78, 5) is 0. The third kappa shape index (κ3) is 3.53. The van der Waals surface area contributed by atoms with Crippen molar-refractivity contribution in [1.82, 2.24) is 0 Å². The van der Waals surface area contributed by atoms with E-state index in [1.807, 2.05) is 5.66 Å². The maximum atomic E-state index is 11.1. The topological polar surface area (TPSA) is 35.5 Å². The van der Waals surface area contributed by atoms with Gasteiger partial charge in [0.05, 0.1) is 6.61 Å². The second-order valence-corrected chi connectivity index (χ2v) is 3.11. The Hall–Kier alpha value is -1.15. The molecule has 0 aromatic rings. The van der Waals surface area contributed by atoms with Gasteiger partial charge in [-0.25, -0.2) is 4.57 Å². The van der Waals surface area contributed by atoms with Crippen LogP contribution in [0.2, 0.25) is 0 Å². The summed E-state index contributed by atoms with van der Waals surface area (Å²) in [6.45, 7) is 3.38. The number of hydrogen-bond acceptors (Lipinski definition) is 3. The van der Waals surface area contributed by atoms with Crippen molar-refractivity contribution in [2.45, 2.75) is 0 Å². The Balaban J connectivity index is 4.16. The number of rotatable bonds is 4. The van der Waals surface area contributed by atoms with Crippen LogP contribution in [0.15, 0.2) is 12.7 Å². The molecule has 0 aliphatic carbocycles. The van der Waals surface area contributed by atoms with Gasteiger partial charge in [0.15, 0.2) is 0 Å². The molecule has 0 aromatic carbocycles. The summed E-state index contributed by atoms with van der Waals surface area (Å²) in [5, 5.41) is 0. The van der Waals surface area contributed by atoms with Crippen LogP contribution in [0.5, 0.6) is 0 Å². The normalized spacial score (nSPS) is 13.6. The molecule has 0 saturated heterocycles. The van der Waals surface area contributed by atoms with E-state index in [2.05, 4.69) is 15.6 Å². The molecular formula is C7H7O3P. The van der Waals surface area contributed by atoms with Gasteiger partial charge in [0.25, 0.3) is 0 Å². The minimum absolute atomic E-state index is 0.0448. The lowest BCUT2D eigenvalue weighted by Crippen LogP contribution is -1.89. The van der Waals surface area contributed by atoms with E-state index >= 15 is 0 Å². The average molecular weight is 170 g/mol. The lowest BCUT2D eigenvalue weighted by molar-refractivity contribution is 0.295.